The van der Waals surface area contributed by atoms with Crippen molar-refractivity contribution in [2.75, 3.05) is 0 Å². The number of benzene rings is 3. The van der Waals surface area contributed by atoms with Crippen molar-refractivity contribution >= 4 is 28.7 Å². The SMILES string of the molecule is C1=CC(C2NC(c3ccc4c5c(oc4c3)C=CCC5)NC(C3C=CC(c4cccc5c4C=CCC5)CC3)N2)CC(c2ccccc2)=C1. The summed E-state index contributed by atoms with van der Waals surface area (Å²) in [6.07, 6.45) is 29.0. The summed E-state index contributed by atoms with van der Waals surface area (Å²) in [6, 6.07) is 24.6. The highest BCUT2D eigenvalue weighted by molar-refractivity contribution is 5.86. The van der Waals surface area contributed by atoms with E-state index >= 15 is 0 Å². The summed E-state index contributed by atoms with van der Waals surface area (Å²) in [6.45, 7) is 0. The van der Waals surface area contributed by atoms with Crippen LogP contribution in [-0.4, -0.2) is 12.3 Å². The zero-order chi connectivity index (χ0) is 31.2. The van der Waals surface area contributed by atoms with E-state index in [-0.39, 0.29) is 18.5 Å². The van der Waals surface area contributed by atoms with Gasteiger partial charge in [-0.1, -0.05) is 109 Å². The van der Waals surface area contributed by atoms with E-state index in [0.717, 1.165) is 56.3 Å². The number of fused-ring (bicyclic) bond motifs is 4. The van der Waals surface area contributed by atoms with Crippen LogP contribution >= 0.6 is 0 Å². The number of furan rings is 1. The van der Waals surface area contributed by atoms with Gasteiger partial charge < -0.3 is 4.42 Å². The van der Waals surface area contributed by atoms with Crippen molar-refractivity contribution < 1.29 is 4.42 Å². The van der Waals surface area contributed by atoms with E-state index in [9.17, 15) is 0 Å². The van der Waals surface area contributed by atoms with Crippen molar-refractivity contribution in [3.05, 3.63) is 148 Å². The van der Waals surface area contributed by atoms with Crippen molar-refractivity contribution in [1.29, 1.82) is 0 Å². The Labute approximate surface area is 278 Å². The molecule has 0 radical (unpaired) electrons. The van der Waals surface area contributed by atoms with Crippen molar-refractivity contribution in [1.82, 2.24) is 16.0 Å². The highest BCUT2D eigenvalue weighted by Gasteiger charge is 2.37. The highest BCUT2D eigenvalue weighted by Crippen LogP contribution is 2.38. The van der Waals surface area contributed by atoms with Gasteiger partial charge in [-0.2, -0.15) is 0 Å². The van der Waals surface area contributed by atoms with Gasteiger partial charge in [-0.25, -0.2) is 0 Å². The molecule has 1 fully saturated rings. The molecule has 4 nitrogen and oxygen atoms in total. The number of allylic oxidation sites excluding steroid dienone is 6. The first-order valence-corrected chi connectivity index (χ1v) is 17.7. The van der Waals surface area contributed by atoms with Crippen LogP contribution in [0.4, 0.5) is 0 Å². The summed E-state index contributed by atoms with van der Waals surface area (Å²) >= 11 is 0. The van der Waals surface area contributed by atoms with Crippen LogP contribution in [0, 0.1) is 11.8 Å². The maximum atomic E-state index is 6.37. The Morgan fingerprint density at radius 2 is 1.60 bits per heavy atom. The van der Waals surface area contributed by atoms with Crippen LogP contribution in [0.1, 0.15) is 83.3 Å². The summed E-state index contributed by atoms with van der Waals surface area (Å²) in [5, 5.41) is 13.3. The van der Waals surface area contributed by atoms with Gasteiger partial charge >= 0.3 is 0 Å². The molecular weight excluding hydrogens is 574 g/mol. The molecule has 9 rings (SSSR count). The summed E-state index contributed by atoms with van der Waals surface area (Å²) in [7, 11) is 0. The minimum absolute atomic E-state index is 0.00482. The van der Waals surface area contributed by atoms with Crippen LogP contribution < -0.4 is 16.0 Å². The monoisotopic (exact) mass is 617 g/mol. The molecule has 0 amide bonds. The quantitative estimate of drug-likeness (QED) is 0.196. The standard InChI is InChI=1S/C43H43N3O/c1-2-10-28(11-3-1)32-14-8-15-33(26-32)42-44-41(31-22-20-30(21-23-31)36-18-9-13-29-12-4-5-16-35(29)36)45-43(46-42)34-24-25-38-37-17-6-7-19-39(37)47-40(38)27-34/h1-3,5,7-11,13-16,18-20,22,24-25,27,30-31,33,41-46H,4,6,12,17,21,23,26H2. The van der Waals surface area contributed by atoms with E-state index in [2.05, 4.69) is 137 Å². The Kier molecular flexibility index (Phi) is 7.66. The van der Waals surface area contributed by atoms with Gasteiger partial charge in [-0.15, -0.1) is 0 Å². The Bertz CT molecular complexity index is 1940. The molecule has 5 aliphatic rings. The average molecular weight is 618 g/mol. The smallest absolute Gasteiger partial charge is 0.135 e. The number of hydrogen-bond donors (Lipinski definition) is 3. The average Bonchev–Trinajstić information content (AvgIpc) is 3.53. The second kappa shape index (κ2) is 12.4. The number of aryl methyl sites for hydroxylation is 2. The lowest BCUT2D eigenvalue weighted by atomic mass is 9.79. The normalized spacial score (nSPS) is 28.2. The van der Waals surface area contributed by atoms with Gasteiger partial charge in [-0.3, -0.25) is 16.0 Å². The molecule has 3 aromatic carbocycles. The lowest BCUT2D eigenvalue weighted by molar-refractivity contribution is 0.139. The summed E-state index contributed by atoms with van der Waals surface area (Å²) < 4.78 is 6.37. The summed E-state index contributed by atoms with van der Waals surface area (Å²) in [5.41, 5.74) is 10.7. The van der Waals surface area contributed by atoms with Crippen LogP contribution in [0.3, 0.4) is 0 Å². The first-order valence-electron chi connectivity index (χ1n) is 17.7. The molecule has 3 N–H and O–H groups in total. The largest absolute Gasteiger partial charge is 0.456 e. The summed E-state index contributed by atoms with van der Waals surface area (Å²) in [4.78, 5) is 0. The fourth-order valence-electron chi connectivity index (χ4n) is 8.55. The lowest BCUT2D eigenvalue weighted by Crippen LogP contribution is -2.67. The van der Waals surface area contributed by atoms with Gasteiger partial charge in [0.1, 0.15) is 11.3 Å². The van der Waals surface area contributed by atoms with Crippen LogP contribution in [0.5, 0.6) is 0 Å². The molecular formula is C43H43N3O. The topological polar surface area (TPSA) is 49.2 Å². The Morgan fingerprint density at radius 3 is 2.49 bits per heavy atom. The van der Waals surface area contributed by atoms with Crippen molar-refractivity contribution in [2.45, 2.75) is 69.4 Å². The minimum Gasteiger partial charge on any atom is -0.456 e. The zero-order valence-corrected chi connectivity index (χ0v) is 26.9. The van der Waals surface area contributed by atoms with E-state index in [1.807, 2.05) is 0 Å². The third-order valence-electron chi connectivity index (χ3n) is 11.1. The number of hydrogen-bond acceptors (Lipinski definition) is 4. The number of rotatable bonds is 5. The molecule has 236 valence electrons. The van der Waals surface area contributed by atoms with Crippen molar-refractivity contribution in [3.8, 4) is 0 Å². The van der Waals surface area contributed by atoms with Crippen LogP contribution in [-0.2, 0) is 12.8 Å². The van der Waals surface area contributed by atoms with Crippen LogP contribution in [0.2, 0.25) is 0 Å². The predicted molar refractivity (Wildman–Crippen MR) is 193 cm³/mol. The molecule has 4 aromatic rings. The second-order valence-corrected chi connectivity index (χ2v) is 13.9. The molecule has 4 heteroatoms. The van der Waals surface area contributed by atoms with E-state index < -0.39 is 0 Å². The fourth-order valence-corrected chi connectivity index (χ4v) is 8.55. The number of nitrogens with one attached hydrogen (secondary N) is 3. The van der Waals surface area contributed by atoms with Gasteiger partial charge in [0, 0.05) is 28.7 Å². The highest BCUT2D eigenvalue weighted by atomic mass is 16.3. The van der Waals surface area contributed by atoms with Crippen LogP contribution in [0.25, 0.3) is 28.7 Å². The fraction of sp³-hybridized carbons (Fsp3) is 0.302. The minimum atomic E-state index is 0.00482. The Morgan fingerprint density at radius 1 is 0.723 bits per heavy atom. The maximum absolute atomic E-state index is 6.37. The van der Waals surface area contributed by atoms with Crippen molar-refractivity contribution in [2.24, 2.45) is 11.8 Å². The van der Waals surface area contributed by atoms with Gasteiger partial charge in [0.2, 0.25) is 0 Å². The van der Waals surface area contributed by atoms with Crippen LogP contribution in [0.15, 0.2) is 114 Å². The molecule has 0 bridgehead atoms. The molecule has 1 aliphatic heterocycles. The maximum Gasteiger partial charge on any atom is 0.135 e. The van der Waals surface area contributed by atoms with Gasteiger partial charge in [0.15, 0.2) is 0 Å². The molecule has 6 unspecified atom stereocenters. The van der Waals surface area contributed by atoms with Gasteiger partial charge in [0.05, 0.1) is 18.5 Å². The summed E-state index contributed by atoms with van der Waals surface area (Å²) in [5.74, 6) is 2.22. The Hall–Kier alpha value is -4.22. The van der Waals surface area contributed by atoms with E-state index in [1.165, 1.54) is 44.3 Å². The first kappa shape index (κ1) is 29.0. The molecule has 0 spiro atoms. The van der Waals surface area contributed by atoms with Gasteiger partial charge in [-0.05, 0) is 90.5 Å². The third-order valence-corrected chi connectivity index (χ3v) is 11.1. The van der Waals surface area contributed by atoms with Gasteiger partial charge in [0.25, 0.3) is 0 Å². The third kappa shape index (κ3) is 5.59. The molecule has 6 atom stereocenters. The van der Waals surface area contributed by atoms with Crippen molar-refractivity contribution in [3.63, 3.8) is 0 Å². The molecule has 1 saturated heterocycles. The molecule has 4 aliphatic carbocycles. The second-order valence-electron chi connectivity index (χ2n) is 13.9. The predicted octanol–water partition coefficient (Wildman–Crippen LogP) is 9.19. The lowest BCUT2D eigenvalue weighted by Gasteiger charge is -2.45. The van der Waals surface area contributed by atoms with E-state index in [0.29, 0.717) is 17.8 Å². The molecule has 1 aromatic heterocycles. The first-order chi connectivity index (χ1) is 23.3. The van der Waals surface area contributed by atoms with E-state index in [1.54, 1.807) is 0 Å². The molecule has 47 heavy (non-hydrogen) atoms. The molecule has 0 saturated carbocycles. The van der Waals surface area contributed by atoms with E-state index in [4.69, 9.17) is 4.42 Å². The molecule has 2 heterocycles. The zero-order valence-electron chi connectivity index (χ0n) is 26.9. The Balaban J connectivity index is 1.00.